The van der Waals surface area contributed by atoms with Gasteiger partial charge in [-0.3, -0.25) is 14.4 Å². The van der Waals surface area contributed by atoms with Gasteiger partial charge in [-0.05, 0) is 18.4 Å². The Balaban J connectivity index is 2.93. The van der Waals surface area contributed by atoms with Gasteiger partial charge in [0, 0.05) is 12.2 Å². The van der Waals surface area contributed by atoms with Crippen LogP contribution in [0.3, 0.4) is 0 Å². The second kappa shape index (κ2) is 13.0. The number of nitrogens with one attached hydrogen (secondary N) is 3. The first-order valence-electron chi connectivity index (χ1n) is 10.2. The van der Waals surface area contributed by atoms with Crippen molar-refractivity contribution < 1.29 is 29.4 Å². The molecule has 0 bridgehead atoms. The zero-order chi connectivity index (χ0) is 24.4. The van der Waals surface area contributed by atoms with Crippen molar-refractivity contribution in [3.05, 3.63) is 35.9 Å². The first-order chi connectivity index (χ1) is 15.0. The van der Waals surface area contributed by atoms with Crippen LogP contribution in [0.15, 0.2) is 30.3 Å². The summed E-state index contributed by atoms with van der Waals surface area (Å²) in [6.07, 6.45) is -1.21. The van der Waals surface area contributed by atoms with Gasteiger partial charge in [0.2, 0.25) is 17.7 Å². The number of hydrogen-bond donors (Lipinski definition) is 7. The number of thiol groups is 1. The normalized spacial score (nSPS) is 15.7. The van der Waals surface area contributed by atoms with E-state index in [1.165, 1.54) is 6.92 Å². The molecular weight excluding hydrogens is 436 g/mol. The Labute approximate surface area is 192 Å². The van der Waals surface area contributed by atoms with E-state index in [1.807, 2.05) is 0 Å². The van der Waals surface area contributed by atoms with E-state index in [2.05, 4.69) is 28.6 Å². The van der Waals surface area contributed by atoms with Crippen LogP contribution < -0.4 is 21.7 Å². The fourth-order valence-electron chi connectivity index (χ4n) is 2.84. The summed E-state index contributed by atoms with van der Waals surface area (Å²) in [5.74, 6) is -3.76. The van der Waals surface area contributed by atoms with Crippen LogP contribution >= 0.6 is 12.6 Å². The van der Waals surface area contributed by atoms with Crippen LogP contribution in [0.2, 0.25) is 0 Å². The minimum Gasteiger partial charge on any atom is -0.480 e. The molecule has 1 rings (SSSR count). The fraction of sp³-hybridized carbons (Fsp3) is 0.524. The number of hydrogen-bond acceptors (Lipinski definition) is 7. The predicted octanol–water partition coefficient (Wildman–Crippen LogP) is -0.938. The van der Waals surface area contributed by atoms with Crippen molar-refractivity contribution in [2.75, 3.05) is 5.75 Å². The number of carbonyl (C=O) groups excluding carboxylic acids is 3. The largest absolute Gasteiger partial charge is 0.480 e. The number of benzene rings is 1. The van der Waals surface area contributed by atoms with Crippen molar-refractivity contribution in [1.82, 2.24) is 16.0 Å². The molecule has 0 aliphatic heterocycles. The molecule has 10 nitrogen and oxygen atoms in total. The number of aliphatic hydroxyl groups is 1. The second-order valence-electron chi connectivity index (χ2n) is 7.84. The van der Waals surface area contributed by atoms with Crippen LogP contribution in [-0.4, -0.2) is 69.9 Å². The Hall–Kier alpha value is -2.63. The van der Waals surface area contributed by atoms with Gasteiger partial charge in [-0.2, -0.15) is 12.6 Å². The molecular formula is C21H32N4O6S. The topological polar surface area (TPSA) is 171 Å². The Morgan fingerprint density at radius 2 is 1.47 bits per heavy atom. The summed E-state index contributed by atoms with van der Waals surface area (Å²) in [5.41, 5.74) is 6.31. The van der Waals surface area contributed by atoms with Crippen LogP contribution in [0.4, 0.5) is 0 Å². The summed E-state index contributed by atoms with van der Waals surface area (Å²) in [7, 11) is 0. The molecule has 0 fully saturated rings. The lowest BCUT2D eigenvalue weighted by Gasteiger charge is -2.28. The zero-order valence-electron chi connectivity index (χ0n) is 18.3. The van der Waals surface area contributed by atoms with Crippen molar-refractivity contribution in [2.45, 2.75) is 57.5 Å². The number of amides is 3. The van der Waals surface area contributed by atoms with Crippen LogP contribution in [0, 0.1) is 5.92 Å². The highest BCUT2D eigenvalue weighted by Gasteiger charge is 2.33. The standard InChI is InChI=1S/C21H32N4O6S/c1-11(2)16(24-20(29)17(12(3)26)25-18(27)14(22)10-32)19(28)23-15(21(30)31)9-13-7-5-4-6-8-13/h4-8,11-12,14-17,26,32H,9-10,22H2,1-3H3,(H,23,28)(H,24,29)(H,25,27)(H,30,31). The third kappa shape index (κ3) is 8.48. The molecule has 0 aliphatic rings. The lowest BCUT2D eigenvalue weighted by Crippen LogP contribution is -2.61. The van der Waals surface area contributed by atoms with E-state index in [0.717, 1.165) is 5.56 Å². The molecule has 1 aromatic rings. The van der Waals surface area contributed by atoms with Crippen molar-refractivity contribution in [1.29, 1.82) is 0 Å². The molecule has 5 unspecified atom stereocenters. The van der Waals surface area contributed by atoms with E-state index in [0.29, 0.717) is 0 Å². The molecule has 0 aliphatic carbocycles. The van der Waals surface area contributed by atoms with Crippen LogP contribution in [0.1, 0.15) is 26.3 Å². The summed E-state index contributed by atoms with van der Waals surface area (Å²) >= 11 is 3.92. The summed E-state index contributed by atoms with van der Waals surface area (Å²) in [6.45, 7) is 4.65. The van der Waals surface area contributed by atoms with E-state index >= 15 is 0 Å². The summed E-state index contributed by atoms with van der Waals surface area (Å²) in [5, 5.41) is 26.8. The smallest absolute Gasteiger partial charge is 0.326 e. The van der Waals surface area contributed by atoms with Gasteiger partial charge in [0.05, 0.1) is 12.1 Å². The van der Waals surface area contributed by atoms with E-state index < -0.39 is 59.9 Å². The Bertz CT molecular complexity index is 790. The highest BCUT2D eigenvalue weighted by Crippen LogP contribution is 2.08. The molecule has 0 saturated carbocycles. The molecule has 178 valence electrons. The molecule has 0 spiro atoms. The van der Waals surface area contributed by atoms with E-state index in [1.54, 1.807) is 44.2 Å². The number of nitrogens with two attached hydrogens (primary N) is 1. The van der Waals surface area contributed by atoms with Gasteiger partial charge in [-0.15, -0.1) is 0 Å². The molecule has 32 heavy (non-hydrogen) atoms. The first kappa shape index (κ1) is 27.4. The molecule has 11 heteroatoms. The maximum absolute atomic E-state index is 12.8. The summed E-state index contributed by atoms with van der Waals surface area (Å²) < 4.78 is 0. The number of carbonyl (C=O) groups is 4. The van der Waals surface area contributed by atoms with Crippen LogP contribution in [-0.2, 0) is 25.6 Å². The molecule has 0 saturated heterocycles. The van der Waals surface area contributed by atoms with Crippen molar-refractivity contribution in [3.8, 4) is 0 Å². The van der Waals surface area contributed by atoms with Crippen molar-refractivity contribution in [2.24, 2.45) is 11.7 Å². The second-order valence-corrected chi connectivity index (χ2v) is 8.20. The number of carboxylic acid groups (broad SMARTS) is 1. The number of aliphatic hydroxyl groups excluding tert-OH is 1. The highest BCUT2D eigenvalue weighted by atomic mass is 32.1. The molecule has 5 atom stereocenters. The third-order valence-corrected chi connectivity index (χ3v) is 5.13. The maximum atomic E-state index is 12.8. The van der Waals surface area contributed by atoms with Crippen molar-refractivity contribution >= 4 is 36.3 Å². The minimum absolute atomic E-state index is 0.0367. The fourth-order valence-corrected chi connectivity index (χ4v) is 3.00. The number of rotatable bonds is 12. The Kier molecular flexibility index (Phi) is 11.2. The predicted molar refractivity (Wildman–Crippen MR) is 122 cm³/mol. The lowest BCUT2D eigenvalue weighted by molar-refractivity contribution is -0.142. The average molecular weight is 469 g/mol. The number of carboxylic acids is 1. The molecule has 0 aromatic heterocycles. The number of aliphatic carboxylic acids is 1. The van der Waals surface area contributed by atoms with Gasteiger partial charge in [0.1, 0.15) is 18.1 Å². The van der Waals surface area contributed by atoms with E-state index in [9.17, 15) is 29.4 Å². The van der Waals surface area contributed by atoms with Gasteiger partial charge < -0.3 is 31.9 Å². The molecule has 0 heterocycles. The van der Waals surface area contributed by atoms with Gasteiger partial charge >= 0.3 is 5.97 Å². The third-order valence-electron chi connectivity index (χ3n) is 4.74. The summed E-state index contributed by atoms with van der Waals surface area (Å²) in [6, 6.07) is 4.16. The molecule has 1 aromatic carbocycles. The quantitative estimate of drug-likeness (QED) is 0.194. The Morgan fingerprint density at radius 3 is 1.94 bits per heavy atom. The maximum Gasteiger partial charge on any atom is 0.326 e. The van der Waals surface area contributed by atoms with Gasteiger partial charge in [0.25, 0.3) is 0 Å². The molecule has 3 amide bonds. The first-order valence-corrected chi connectivity index (χ1v) is 10.8. The molecule has 7 N–H and O–H groups in total. The highest BCUT2D eigenvalue weighted by molar-refractivity contribution is 7.80. The van der Waals surface area contributed by atoms with Crippen molar-refractivity contribution in [3.63, 3.8) is 0 Å². The van der Waals surface area contributed by atoms with Gasteiger partial charge in [-0.25, -0.2) is 4.79 Å². The van der Waals surface area contributed by atoms with Gasteiger partial charge in [0.15, 0.2) is 0 Å². The zero-order valence-corrected chi connectivity index (χ0v) is 19.2. The minimum atomic E-state index is -1.36. The lowest BCUT2D eigenvalue weighted by atomic mass is 10.0. The molecule has 0 radical (unpaired) electrons. The Morgan fingerprint density at radius 1 is 0.938 bits per heavy atom. The van der Waals surface area contributed by atoms with Crippen LogP contribution in [0.25, 0.3) is 0 Å². The average Bonchev–Trinajstić information content (AvgIpc) is 2.74. The van der Waals surface area contributed by atoms with Crippen LogP contribution in [0.5, 0.6) is 0 Å². The SMILES string of the molecule is CC(C)C(NC(=O)C(NC(=O)C(N)CS)C(C)O)C(=O)NC(Cc1ccccc1)C(=O)O. The van der Waals surface area contributed by atoms with E-state index in [4.69, 9.17) is 5.73 Å². The monoisotopic (exact) mass is 468 g/mol. The van der Waals surface area contributed by atoms with E-state index in [-0.39, 0.29) is 12.2 Å². The van der Waals surface area contributed by atoms with Gasteiger partial charge in [-0.1, -0.05) is 44.2 Å². The summed E-state index contributed by atoms with van der Waals surface area (Å²) in [4.78, 5) is 49.2.